The van der Waals surface area contributed by atoms with Crippen LogP contribution in [0.3, 0.4) is 0 Å². The predicted octanol–water partition coefficient (Wildman–Crippen LogP) is -0.564. The molecule has 0 fully saturated rings. The zero-order valence-electron chi connectivity index (χ0n) is 3.98. The van der Waals surface area contributed by atoms with Gasteiger partial charge in [0.15, 0.2) is 0 Å². The van der Waals surface area contributed by atoms with Crippen LogP contribution in [-0.4, -0.2) is 17.5 Å². The number of hydrogen-bond donors (Lipinski definition) is 3. The van der Waals surface area contributed by atoms with Gasteiger partial charge in [0.25, 0.3) is 0 Å². The van der Waals surface area contributed by atoms with E-state index in [1.807, 2.05) is 0 Å². The molecule has 6 heteroatoms. The Bertz CT molecular complexity index is 128. The van der Waals surface area contributed by atoms with E-state index in [9.17, 15) is 0 Å². The van der Waals surface area contributed by atoms with E-state index in [1.54, 1.807) is 0 Å². The Kier molecular flexibility index (Phi) is 5.94. The number of rotatable bonds is 0. The molecule has 0 bridgehead atoms. The maximum absolute atomic E-state index is 8.74. The first kappa shape index (κ1) is 10.4. The third-order valence-electron chi connectivity index (χ3n) is 0. The SMILES string of the molecule is C=CN.O=S(=O)(O)O. The van der Waals surface area contributed by atoms with E-state index < -0.39 is 10.4 Å². The predicted molar refractivity (Wildman–Crippen MR) is 28.6 cm³/mol. The molecule has 0 aromatic heterocycles. The van der Waals surface area contributed by atoms with Gasteiger partial charge in [0.2, 0.25) is 0 Å². The average molecular weight is 141 g/mol. The second-order valence-corrected chi connectivity index (χ2v) is 1.58. The van der Waals surface area contributed by atoms with Gasteiger partial charge in [-0.1, -0.05) is 6.58 Å². The number of nitrogens with two attached hydrogens (primary N) is 1. The zero-order valence-corrected chi connectivity index (χ0v) is 4.80. The minimum Gasteiger partial charge on any atom is -0.405 e. The Morgan fingerprint density at radius 1 is 1.50 bits per heavy atom. The maximum atomic E-state index is 8.74. The average Bonchev–Trinajstić information content (AvgIpc) is 1.27. The van der Waals surface area contributed by atoms with Crippen molar-refractivity contribution in [2.75, 3.05) is 0 Å². The third-order valence-corrected chi connectivity index (χ3v) is 0. The summed E-state index contributed by atoms with van der Waals surface area (Å²) in [7, 11) is -4.67. The fourth-order valence-electron chi connectivity index (χ4n) is 0. The van der Waals surface area contributed by atoms with Gasteiger partial charge < -0.3 is 5.73 Å². The first-order valence-corrected chi connectivity index (χ1v) is 2.84. The molecule has 8 heavy (non-hydrogen) atoms. The van der Waals surface area contributed by atoms with Gasteiger partial charge in [0.05, 0.1) is 0 Å². The zero-order chi connectivity index (χ0) is 7.21. The molecule has 0 saturated carbocycles. The molecule has 0 aliphatic rings. The first-order valence-electron chi connectivity index (χ1n) is 1.44. The first-order chi connectivity index (χ1) is 3.41. The van der Waals surface area contributed by atoms with E-state index in [2.05, 4.69) is 12.3 Å². The second-order valence-electron chi connectivity index (χ2n) is 0.684. The van der Waals surface area contributed by atoms with Gasteiger partial charge in [-0.2, -0.15) is 8.42 Å². The molecule has 0 spiro atoms. The van der Waals surface area contributed by atoms with Crippen LogP contribution in [0, 0.1) is 0 Å². The smallest absolute Gasteiger partial charge is 0.394 e. The lowest BCUT2D eigenvalue weighted by Crippen LogP contribution is -1.89. The molecule has 5 nitrogen and oxygen atoms in total. The quantitative estimate of drug-likeness (QED) is 0.392. The van der Waals surface area contributed by atoms with E-state index >= 15 is 0 Å². The minimum atomic E-state index is -4.67. The molecule has 0 aromatic carbocycles. The Balaban J connectivity index is 0. The molecule has 0 aromatic rings. The molecule has 0 aliphatic heterocycles. The Hall–Kier alpha value is -0.590. The van der Waals surface area contributed by atoms with E-state index in [-0.39, 0.29) is 0 Å². The highest BCUT2D eigenvalue weighted by atomic mass is 32.3. The third kappa shape index (κ3) is 302. The molecule has 0 radical (unpaired) electrons. The van der Waals surface area contributed by atoms with Crippen molar-refractivity contribution in [3.8, 4) is 0 Å². The largest absolute Gasteiger partial charge is 0.405 e. The van der Waals surface area contributed by atoms with Gasteiger partial charge in [-0.15, -0.1) is 0 Å². The molecule has 50 valence electrons. The van der Waals surface area contributed by atoms with Crippen molar-refractivity contribution in [3.05, 3.63) is 12.8 Å². The molecule has 0 saturated heterocycles. The monoisotopic (exact) mass is 141 g/mol. The molecule has 0 amide bonds. The lowest BCUT2D eigenvalue weighted by atomic mass is 11.1. The highest BCUT2D eigenvalue weighted by Gasteiger charge is 1.84. The minimum absolute atomic E-state index is 1.25. The van der Waals surface area contributed by atoms with Crippen molar-refractivity contribution in [2.24, 2.45) is 5.73 Å². The van der Waals surface area contributed by atoms with Crippen molar-refractivity contribution >= 4 is 10.4 Å². The summed E-state index contributed by atoms with van der Waals surface area (Å²) in [4.78, 5) is 0. The highest BCUT2D eigenvalue weighted by Crippen LogP contribution is 1.59. The van der Waals surface area contributed by atoms with Crippen LogP contribution in [-0.2, 0) is 10.4 Å². The van der Waals surface area contributed by atoms with Crippen molar-refractivity contribution in [2.45, 2.75) is 0 Å². The van der Waals surface area contributed by atoms with Crippen LogP contribution in [0.25, 0.3) is 0 Å². The highest BCUT2D eigenvalue weighted by molar-refractivity contribution is 7.79. The van der Waals surface area contributed by atoms with Crippen LogP contribution < -0.4 is 5.73 Å². The molecule has 0 unspecified atom stereocenters. The summed E-state index contributed by atoms with van der Waals surface area (Å²) in [6.45, 7) is 3.14. The lowest BCUT2D eigenvalue weighted by molar-refractivity contribution is 0.381. The molecule has 0 heterocycles. The van der Waals surface area contributed by atoms with E-state index in [0.29, 0.717) is 0 Å². The molecular weight excluding hydrogens is 134 g/mol. The van der Waals surface area contributed by atoms with Gasteiger partial charge in [-0.05, 0) is 6.20 Å². The lowest BCUT2D eigenvalue weighted by Gasteiger charge is -1.68. The molecular formula is C2H7NO4S. The van der Waals surface area contributed by atoms with Gasteiger partial charge in [0, 0.05) is 0 Å². The summed E-state index contributed by atoms with van der Waals surface area (Å²) < 4.78 is 31.6. The maximum Gasteiger partial charge on any atom is 0.394 e. The topological polar surface area (TPSA) is 101 Å². The van der Waals surface area contributed by atoms with Gasteiger partial charge in [-0.3, -0.25) is 9.11 Å². The van der Waals surface area contributed by atoms with Crippen molar-refractivity contribution in [1.29, 1.82) is 0 Å². The Morgan fingerprint density at radius 2 is 1.50 bits per heavy atom. The van der Waals surface area contributed by atoms with E-state index in [1.165, 1.54) is 6.20 Å². The second kappa shape index (κ2) is 4.57. The molecule has 0 aliphatic carbocycles. The van der Waals surface area contributed by atoms with Crippen LogP contribution >= 0.6 is 0 Å². The molecule has 4 N–H and O–H groups in total. The summed E-state index contributed by atoms with van der Waals surface area (Å²) in [5.41, 5.74) is 4.61. The van der Waals surface area contributed by atoms with Crippen LogP contribution in [0.2, 0.25) is 0 Å². The summed E-state index contributed by atoms with van der Waals surface area (Å²) in [5, 5.41) is 0. The standard InChI is InChI=1S/C2H5N.H2O4S/c1-2-3;1-5(2,3)4/h2H,1,3H2;(H2,1,2,3,4). The molecule has 0 atom stereocenters. The Morgan fingerprint density at radius 3 is 1.50 bits per heavy atom. The van der Waals surface area contributed by atoms with E-state index in [0.717, 1.165) is 0 Å². The summed E-state index contributed by atoms with van der Waals surface area (Å²) in [6, 6.07) is 0. The van der Waals surface area contributed by atoms with Crippen LogP contribution in [0.4, 0.5) is 0 Å². The van der Waals surface area contributed by atoms with Crippen LogP contribution in [0.5, 0.6) is 0 Å². The number of hydrogen-bond acceptors (Lipinski definition) is 3. The Labute approximate surface area is 47.4 Å². The summed E-state index contributed by atoms with van der Waals surface area (Å²) in [6.07, 6.45) is 1.25. The van der Waals surface area contributed by atoms with Gasteiger partial charge in [-0.25, -0.2) is 0 Å². The van der Waals surface area contributed by atoms with Crippen molar-refractivity contribution in [1.82, 2.24) is 0 Å². The van der Waals surface area contributed by atoms with Gasteiger partial charge >= 0.3 is 10.4 Å². The molecule has 0 rings (SSSR count). The van der Waals surface area contributed by atoms with Crippen molar-refractivity contribution < 1.29 is 17.5 Å². The fourth-order valence-corrected chi connectivity index (χ4v) is 0. The summed E-state index contributed by atoms with van der Waals surface area (Å²) in [5.74, 6) is 0. The van der Waals surface area contributed by atoms with E-state index in [4.69, 9.17) is 17.5 Å². The summed E-state index contributed by atoms with van der Waals surface area (Å²) >= 11 is 0. The van der Waals surface area contributed by atoms with Crippen molar-refractivity contribution in [3.63, 3.8) is 0 Å². The van der Waals surface area contributed by atoms with Gasteiger partial charge in [0.1, 0.15) is 0 Å². The van der Waals surface area contributed by atoms with Crippen LogP contribution in [0.1, 0.15) is 0 Å². The normalized spacial score (nSPS) is 8.75. The van der Waals surface area contributed by atoms with Crippen LogP contribution in [0.15, 0.2) is 12.8 Å². The fraction of sp³-hybridized carbons (Fsp3) is 0.